The van der Waals surface area contributed by atoms with Crippen molar-refractivity contribution in [1.29, 1.82) is 0 Å². The van der Waals surface area contributed by atoms with Crippen LogP contribution in [0.1, 0.15) is 47.5 Å². The predicted molar refractivity (Wildman–Crippen MR) is 102 cm³/mol. The number of carbonyl (C=O) groups is 1. The maximum Gasteiger partial charge on any atom is 0.410 e. The number of rotatable bonds is 2. The molecule has 0 saturated carbocycles. The van der Waals surface area contributed by atoms with Gasteiger partial charge >= 0.3 is 6.09 Å². The Morgan fingerprint density at radius 2 is 1.75 bits per heavy atom. The quantitative estimate of drug-likeness (QED) is 0.699. The molecule has 1 amide bonds. The number of hydrogen-bond acceptors (Lipinski definition) is 5. The first-order valence-corrected chi connectivity index (χ1v) is 9.01. The number of carbonyl (C=O) groups excluding carboxylic acids is 1. The van der Waals surface area contributed by atoms with E-state index in [4.69, 9.17) is 4.74 Å². The Labute approximate surface area is 153 Å². The third kappa shape index (κ3) is 9.06. The van der Waals surface area contributed by atoms with Crippen molar-refractivity contribution in [2.75, 3.05) is 39.3 Å². The van der Waals surface area contributed by atoms with Crippen LogP contribution in [0.15, 0.2) is 0 Å². The summed E-state index contributed by atoms with van der Waals surface area (Å²) >= 11 is 0. The summed E-state index contributed by atoms with van der Waals surface area (Å²) in [6.07, 6.45) is 2.02. The molecule has 0 aliphatic carbocycles. The predicted octanol–water partition coefficient (Wildman–Crippen LogP) is 1.98. The van der Waals surface area contributed by atoms with Crippen LogP contribution in [0.5, 0.6) is 0 Å². The fourth-order valence-corrected chi connectivity index (χ4v) is 2.69. The number of halogens is 1. The van der Waals surface area contributed by atoms with Gasteiger partial charge in [-0.1, -0.05) is 13.8 Å². The SMILES string of the molecule is CC[C@@H]1CNCCN1.CC[C@@H]1CNCCN1C(=O)OC(C)(C)C.Cl. The van der Waals surface area contributed by atoms with Gasteiger partial charge in [-0.3, -0.25) is 0 Å². The highest BCUT2D eigenvalue weighted by Crippen LogP contribution is 2.14. The van der Waals surface area contributed by atoms with Crippen LogP contribution in [0.2, 0.25) is 0 Å². The van der Waals surface area contributed by atoms with E-state index in [0.717, 1.165) is 51.7 Å². The molecule has 3 N–H and O–H groups in total. The van der Waals surface area contributed by atoms with E-state index in [9.17, 15) is 4.79 Å². The number of piperazine rings is 2. The van der Waals surface area contributed by atoms with Crippen molar-refractivity contribution in [3.05, 3.63) is 0 Å². The van der Waals surface area contributed by atoms with Gasteiger partial charge in [0.25, 0.3) is 0 Å². The number of nitrogens with one attached hydrogen (secondary N) is 3. The highest BCUT2D eigenvalue weighted by Gasteiger charge is 2.28. The van der Waals surface area contributed by atoms with E-state index in [2.05, 4.69) is 29.8 Å². The zero-order valence-corrected chi connectivity index (χ0v) is 16.8. The Hall–Kier alpha value is -0.560. The lowest BCUT2D eigenvalue weighted by Crippen LogP contribution is -2.54. The lowest BCUT2D eigenvalue weighted by atomic mass is 10.1. The first-order valence-electron chi connectivity index (χ1n) is 9.01. The van der Waals surface area contributed by atoms with Crippen LogP contribution in [0, 0.1) is 0 Å². The minimum absolute atomic E-state index is 0. The van der Waals surface area contributed by atoms with Gasteiger partial charge in [-0.15, -0.1) is 12.4 Å². The van der Waals surface area contributed by atoms with Gasteiger partial charge in [0.1, 0.15) is 5.60 Å². The molecule has 144 valence electrons. The Morgan fingerprint density at radius 1 is 1.08 bits per heavy atom. The zero-order valence-electron chi connectivity index (χ0n) is 16.0. The summed E-state index contributed by atoms with van der Waals surface area (Å²) in [5.74, 6) is 0. The molecule has 0 bridgehead atoms. The van der Waals surface area contributed by atoms with Gasteiger partial charge in [0.15, 0.2) is 0 Å². The lowest BCUT2D eigenvalue weighted by Gasteiger charge is -2.36. The number of nitrogens with zero attached hydrogens (tertiary/aromatic N) is 1. The summed E-state index contributed by atoms with van der Waals surface area (Å²) in [4.78, 5) is 13.7. The third-order valence-electron chi connectivity index (χ3n) is 4.07. The van der Waals surface area contributed by atoms with Crippen LogP contribution >= 0.6 is 12.4 Å². The molecular weight excluding hydrogens is 328 g/mol. The molecule has 6 nitrogen and oxygen atoms in total. The van der Waals surface area contributed by atoms with Crippen molar-refractivity contribution in [3.63, 3.8) is 0 Å². The fourth-order valence-electron chi connectivity index (χ4n) is 2.69. The van der Waals surface area contributed by atoms with E-state index in [-0.39, 0.29) is 24.5 Å². The lowest BCUT2D eigenvalue weighted by molar-refractivity contribution is 0.0117. The molecule has 0 aromatic rings. The highest BCUT2D eigenvalue weighted by molar-refractivity contribution is 5.85. The molecule has 2 atom stereocenters. The summed E-state index contributed by atoms with van der Waals surface area (Å²) in [6, 6.07) is 0.998. The molecule has 2 fully saturated rings. The van der Waals surface area contributed by atoms with Gasteiger partial charge in [0, 0.05) is 51.4 Å². The van der Waals surface area contributed by atoms with Gasteiger partial charge in [0.2, 0.25) is 0 Å². The molecule has 0 unspecified atom stereocenters. The van der Waals surface area contributed by atoms with E-state index >= 15 is 0 Å². The second-order valence-electron chi connectivity index (χ2n) is 7.20. The van der Waals surface area contributed by atoms with Crippen LogP contribution in [-0.4, -0.2) is 67.9 Å². The van der Waals surface area contributed by atoms with Crippen molar-refractivity contribution in [2.24, 2.45) is 0 Å². The van der Waals surface area contributed by atoms with Gasteiger partial charge in [-0.2, -0.15) is 0 Å². The Balaban J connectivity index is 0.000000498. The fraction of sp³-hybridized carbons (Fsp3) is 0.941. The Morgan fingerprint density at radius 3 is 2.21 bits per heavy atom. The van der Waals surface area contributed by atoms with Crippen LogP contribution < -0.4 is 16.0 Å². The molecule has 0 radical (unpaired) electrons. The highest BCUT2D eigenvalue weighted by atomic mass is 35.5. The van der Waals surface area contributed by atoms with Gasteiger partial charge in [0.05, 0.1) is 0 Å². The smallest absolute Gasteiger partial charge is 0.410 e. The molecule has 0 spiro atoms. The average molecular weight is 365 g/mol. The van der Waals surface area contributed by atoms with E-state index in [0.29, 0.717) is 0 Å². The summed E-state index contributed by atoms with van der Waals surface area (Å²) in [7, 11) is 0. The minimum Gasteiger partial charge on any atom is -0.444 e. The molecule has 2 heterocycles. The summed E-state index contributed by atoms with van der Waals surface area (Å²) in [6.45, 7) is 15.9. The number of ether oxygens (including phenoxy) is 1. The van der Waals surface area contributed by atoms with Crippen molar-refractivity contribution in [3.8, 4) is 0 Å². The molecule has 2 aliphatic rings. The average Bonchev–Trinajstić information content (AvgIpc) is 2.54. The largest absolute Gasteiger partial charge is 0.444 e. The summed E-state index contributed by atoms with van der Waals surface area (Å²) in [5, 5.41) is 10.0. The first-order chi connectivity index (χ1) is 10.9. The van der Waals surface area contributed by atoms with Gasteiger partial charge in [-0.05, 0) is 33.6 Å². The van der Waals surface area contributed by atoms with Crippen molar-refractivity contribution in [1.82, 2.24) is 20.9 Å². The second kappa shape index (κ2) is 11.9. The van der Waals surface area contributed by atoms with Gasteiger partial charge in [-0.25, -0.2) is 4.79 Å². The topological polar surface area (TPSA) is 65.6 Å². The normalized spacial score (nSPS) is 24.3. The molecular formula is C17H37ClN4O2. The standard InChI is InChI=1S/C11H22N2O2.C6H14N2.ClH/c1-5-9-8-12-6-7-13(9)10(14)15-11(2,3)4;1-2-6-5-7-3-4-8-6;/h9,12H,5-8H2,1-4H3;6-8H,2-5H2,1H3;1H/t9-;6-;/m11./s1. The van der Waals surface area contributed by atoms with Crippen LogP contribution in [-0.2, 0) is 4.74 Å². The molecule has 7 heteroatoms. The van der Waals surface area contributed by atoms with Crippen LogP contribution in [0.3, 0.4) is 0 Å². The number of hydrogen-bond donors (Lipinski definition) is 3. The molecule has 0 aromatic carbocycles. The van der Waals surface area contributed by atoms with Crippen molar-refractivity contribution >= 4 is 18.5 Å². The molecule has 2 saturated heterocycles. The zero-order chi connectivity index (χ0) is 17.3. The maximum absolute atomic E-state index is 11.9. The van der Waals surface area contributed by atoms with E-state index in [1.807, 2.05) is 25.7 Å². The third-order valence-corrected chi connectivity index (χ3v) is 4.07. The molecule has 2 aliphatic heterocycles. The van der Waals surface area contributed by atoms with Crippen molar-refractivity contribution < 1.29 is 9.53 Å². The summed E-state index contributed by atoms with van der Waals surface area (Å²) in [5.41, 5.74) is -0.403. The van der Waals surface area contributed by atoms with Crippen molar-refractivity contribution in [2.45, 2.75) is 65.1 Å². The Kier molecular flexibility index (Phi) is 11.6. The van der Waals surface area contributed by atoms with Crippen LogP contribution in [0.25, 0.3) is 0 Å². The second-order valence-corrected chi connectivity index (χ2v) is 7.20. The molecule has 0 aromatic heterocycles. The maximum atomic E-state index is 11.9. The molecule has 24 heavy (non-hydrogen) atoms. The van der Waals surface area contributed by atoms with Gasteiger partial charge < -0.3 is 25.6 Å². The Bertz CT molecular complexity index is 344. The first kappa shape index (κ1) is 23.4. The summed E-state index contributed by atoms with van der Waals surface area (Å²) < 4.78 is 5.37. The van der Waals surface area contributed by atoms with E-state index in [1.54, 1.807) is 0 Å². The van der Waals surface area contributed by atoms with E-state index in [1.165, 1.54) is 6.42 Å². The van der Waals surface area contributed by atoms with Crippen LogP contribution in [0.4, 0.5) is 4.79 Å². The number of amides is 1. The van der Waals surface area contributed by atoms with E-state index < -0.39 is 5.60 Å². The monoisotopic (exact) mass is 364 g/mol. The minimum atomic E-state index is -0.403. The molecule has 2 rings (SSSR count).